The molecule has 2 saturated heterocycles. The van der Waals surface area contributed by atoms with Crippen LogP contribution in [0.4, 0.5) is 0 Å². The molecule has 1 aromatic carbocycles. The van der Waals surface area contributed by atoms with E-state index in [1.54, 1.807) is 41.2 Å². The van der Waals surface area contributed by atoms with Gasteiger partial charge in [-0.1, -0.05) is 18.2 Å². The maximum absolute atomic E-state index is 12.6. The van der Waals surface area contributed by atoms with E-state index in [0.29, 0.717) is 18.0 Å². The zero-order valence-electron chi connectivity index (χ0n) is 16.0. The van der Waals surface area contributed by atoms with Crippen molar-refractivity contribution in [2.45, 2.75) is 49.8 Å². The van der Waals surface area contributed by atoms with Gasteiger partial charge in [-0.25, -0.2) is 8.42 Å². The summed E-state index contributed by atoms with van der Waals surface area (Å²) in [7, 11) is -3.90. The maximum atomic E-state index is 12.6. The Labute approximate surface area is 160 Å². The van der Waals surface area contributed by atoms with E-state index in [1.807, 2.05) is 33.9 Å². The summed E-state index contributed by atoms with van der Waals surface area (Å²) in [6.07, 6.45) is 3.62. The Morgan fingerprint density at radius 3 is 2.26 bits per heavy atom. The van der Waals surface area contributed by atoms with Crippen LogP contribution in [0.3, 0.4) is 0 Å². The summed E-state index contributed by atoms with van der Waals surface area (Å²) in [6.45, 7) is 8.85. The van der Waals surface area contributed by atoms with Crippen LogP contribution >= 0.6 is 0 Å². The lowest BCUT2D eigenvalue weighted by Gasteiger charge is -2.37. The Morgan fingerprint density at radius 2 is 1.67 bits per heavy atom. The first-order valence-corrected chi connectivity index (χ1v) is 10.5. The first kappa shape index (κ1) is 18.7. The molecule has 2 aliphatic rings. The lowest BCUT2D eigenvalue weighted by molar-refractivity contribution is 0.00578. The van der Waals surface area contributed by atoms with E-state index >= 15 is 0 Å². The van der Waals surface area contributed by atoms with Crippen LogP contribution < -0.4 is 5.46 Å². The van der Waals surface area contributed by atoms with Crippen molar-refractivity contribution in [3.63, 3.8) is 0 Å². The average Bonchev–Trinajstić information content (AvgIpc) is 3.10. The molecule has 2 fully saturated rings. The molecule has 0 atom stereocenters. The van der Waals surface area contributed by atoms with Crippen molar-refractivity contribution in [2.75, 3.05) is 13.1 Å². The molecule has 2 aromatic rings. The van der Waals surface area contributed by atoms with Crippen molar-refractivity contribution < 1.29 is 17.7 Å². The van der Waals surface area contributed by atoms with Crippen LogP contribution in [0.2, 0.25) is 0 Å². The van der Waals surface area contributed by atoms with Crippen LogP contribution in [-0.4, -0.2) is 53.9 Å². The molecule has 144 valence electrons. The molecule has 4 rings (SSSR count). The van der Waals surface area contributed by atoms with Gasteiger partial charge in [-0.05, 0) is 39.8 Å². The van der Waals surface area contributed by atoms with Gasteiger partial charge in [0.1, 0.15) is 0 Å². The normalized spacial score (nSPS) is 22.7. The minimum atomic E-state index is -3.44. The van der Waals surface area contributed by atoms with Crippen molar-refractivity contribution >= 4 is 22.6 Å². The average molecular weight is 389 g/mol. The van der Waals surface area contributed by atoms with E-state index in [2.05, 4.69) is 5.10 Å². The van der Waals surface area contributed by atoms with Crippen LogP contribution in [0, 0.1) is 0 Å². The summed E-state index contributed by atoms with van der Waals surface area (Å²) in [5, 5.41) is 4.40. The predicted molar refractivity (Wildman–Crippen MR) is 102 cm³/mol. The Morgan fingerprint density at radius 1 is 1.07 bits per heavy atom. The Kier molecular flexibility index (Phi) is 4.27. The number of rotatable bonds is 4. The van der Waals surface area contributed by atoms with Crippen LogP contribution in [-0.2, 0) is 19.3 Å². The van der Waals surface area contributed by atoms with E-state index in [9.17, 15) is 8.42 Å². The summed E-state index contributed by atoms with van der Waals surface area (Å²) >= 11 is 0. The molecule has 0 saturated carbocycles. The second-order valence-corrected chi connectivity index (χ2v) is 10.1. The SMILES string of the molecule is CC1(C)OB(c2cnn(C3CN(S(=O)(=O)c4ccccc4)C3)c2)OC1(C)C. The Hall–Kier alpha value is -1.68. The highest BCUT2D eigenvalue weighted by molar-refractivity contribution is 7.89. The van der Waals surface area contributed by atoms with Crippen molar-refractivity contribution in [1.29, 1.82) is 0 Å². The molecular formula is C18H24BN3O4S. The van der Waals surface area contributed by atoms with E-state index < -0.39 is 28.3 Å². The van der Waals surface area contributed by atoms with Gasteiger partial charge in [0.15, 0.2) is 0 Å². The van der Waals surface area contributed by atoms with E-state index in [0.717, 1.165) is 5.46 Å². The summed E-state index contributed by atoms with van der Waals surface area (Å²) in [5.41, 5.74) is 0.0335. The van der Waals surface area contributed by atoms with Gasteiger partial charge in [0.25, 0.3) is 0 Å². The molecule has 9 heteroatoms. The van der Waals surface area contributed by atoms with Crippen molar-refractivity contribution in [1.82, 2.24) is 14.1 Å². The molecule has 1 aromatic heterocycles. The summed E-state index contributed by atoms with van der Waals surface area (Å²) < 4.78 is 40.6. The van der Waals surface area contributed by atoms with Gasteiger partial charge in [-0.3, -0.25) is 4.68 Å². The van der Waals surface area contributed by atoms with Gasteiger partial charge in [-0.15, -0.1) is 0 Å². The van der Waals surface area contributed by atoms with Gasteiger partial charge in [0.05, 0.1) is 22.1 Å². The standard InChI is InChI=1S/C18H24BN3O4S/c1-17(2)18(3,4)26-19(25-17)14-10-20-22(11-14)15-12-21(13-15)27(23,24)16-8-6-5-7-9-16/h5-11,15H,12-13H2,1-4H3. The smallest absolute Gasteiger partial charge is 0.399 e. The Bertz CT molecular complexity index is 921. The second-order valence-electron chi connectivity index (χ2n) is 8.13. The minimum absolute atomic E-state index is 0.0136. The zero-order valence-corrected chi connectivity index (χ0v) is 16.8. The van der Waals surface area contributed by atoms with Crippen molar-refractivity contribution in [2.24, 2.45) is 0 Å². The molecule has 0 N–H and O–H groups in total. The highest BCUT2D eigenvalue weighted by atomic mass is 32.2. The minimum Gasteiger partial charge on any atom is -0.399 e. The van der Waals surface area contributed by atoms with Gasteiger partial charge in [0.2, 0.25) is 10.0 Å². The number of nitrogens with zero attached hydrogens (tertiary/aromatic N) is 3. The predicted octanol–water partition coefficient (Wildman–Crippen LogP) is 1.43. The molecule has 0 spiro atoms. The lowest BCUT2D eigenvalue weighted by Crippen LogP contribution is -2.50. The fourth-order valence-electron chi connectivity index (χ4n) is 3.18. The molecule has 2 aliphatic heterocycles. The largest absolute Gasteiger partial charge is 0.498 e. The molecule has 0 amide bonds. The third-order valence-corrected chi connectivity index (χ3v) is 7.58. The monoisotopic (exact) mass is 389 g/mol. The topological polar surface area (TPSA) is 73.7 Å². The number of aromatic nitrogens is 2. The molecule has 0 bridgehead atoms. The van der Waals surface area contributed by atoms with Crippen molar-refractivity contribution in [3.05, 3.63) is 42.7 Å². The summed E-state index contributed by atoms with van der Waals surface area (Å²) in [6, 6.07) is 8.52. The number of benzene rings is 1. The first-order chi connectivity index (χ1) is 12.6. The molecule has 3 heterocycles. The fraction of sp³-hybridized carbons (Fsp3) is 0.500. The number of sulfonamides is 1. The zero-order chi connectivity index (χ0) is 19.4. The van der Waals surface area contributed by atoms with Crippen LogP contribution in [0.25, 0.3) is 0 Å². The van der Waals surface area contributed by atoms with Gasteiger partial charge in [-0.2, -0.15) is 9.40 Å². The molecule has 27 heavy (non-hydrogen) atoms. The Balaban J connectivity index is 1.43. The van der Waals surface area contributed by atoms with Crippen LogP contribution in [0.15, 0.2) is 47.6 Å². The molecule has 7 nitrogen and oxygen atoms in total. The fourth-order valence-corrected chi connectivity index (χ4v) is 4.71. The van der Waals surface area contributed by atoms with E-state index in [1.165, 1.54) is 4.31 Å². The molecule has 0 aliphatic carbocycles. The molecule has 0 radical (unpaired) electrons. The van der Waals surface area contributed by atoms with Gasteiger partial charge in [0, 0.05) is 30.9 Å². The third-order valence-electron chi connectivity index (χ3n) is 5.73. The first-order valence-electron chi connectivity index (χ1n) is 9.05. The second kappa shape index (κ2) is 6.17. The number of hydrogen-bond donors (Lipinski definition) is 0. The lowest BCUT2D eigenvalue weighted by atomic mass is 9.82. The maximum Gasteiger partial charge on any atom is 0.498 e. The summed E-state index contributed by atoms with van der Waals surface area (Å²) in [4.78, 5) is 0.321. The van der Waals surface area contributed by atoms with Gasteiger partial charge >= 0.3 is 7.12 Å². The molecular weight excluding hydrogens is 365 g/mol. The summed E-state index contributed by atoms with van der Waals surface area (Å²) in [5.74, 6) is 0. The highest BCUT2D eigenvalue weighted by Gasteiger charge is 2.52. The number of hydrogen-bond acceptors (Lipinski definition) is 5. The third kappa shape index (κ3) is 3.12. The van der Waals surface area contributed by atoms with Gasteiger partial charge < -0.3 is 9.31 Å². The van der Waals surface area contributed by atoms with Crippen molar-refractivity contribution in [3.8, 4) is 0 Å². The highest BCUT2D eigenvalue weighted by Crippen LogP contribution is 2.36. The van der Waals surface area contributed by atoms with E-state index in [-0.39, 0.29) is 6.04 Å². The molecule has 0 unspecified atom stereocenters. The van der Waals surface area contributed by atoms with E-state index in [4.69, 9.17) is 9.31 Å². The van der Waals surface area contributed by atoms with Crippen LogP contribution in [0.1, 0.15) is 33.7 Å². The quantitative estimate of drug-likeness (QED) is 0.740. The van der Waals surface area contributed by atoms with Crippen LogP contribution in [0.5, 0.6) is 0 Å².